The molecule has 2 aromatic rings. The van der Waals surface area contributed by atoms with Gasteiger partial charge in [-0.15, -0.1) is 0 Å². The average molecular weight is 332 g/mol. The van der Waals surface area contributed by atoms with Crippen LogP contribution in [0.3, 0.4) is 0 Å². The molecule has 0 fully saturated rings. The highest BCUT2D eigenvalue weighted by Gasteiger charge is 2.10. The molecule has 6 heteroatoms. The number of nitrogens with two attached hydrogens (primary N) is 1. The Morgan fingerprint density at radius 1 is 1.44 bits per heavy atom. The lowest BCUT2D eigenvalue weighted by atomic mass is 10.2. The molecular formula is C12H9BrClFN2O. The number of nitrogens with zero attached hydrogens (tertiary/aromatic N) is 1. The van der Waals surface area contributed by atoms with Gasteiger partial charge in [0.1, 0.15) is 5.82 Å². The molecule has 1 aromatic carbocycles. The first-order valence-electron chi connectivity index (χ1n) is 5.07. The van der Waals surface area contributed by atoms with Gasteiger partial charge in [0.2, 0.25) is 0 Å². The maximum Gasteiger partial charge on any atom is 0.265 e. The van der Waals surface area contributed by atoms with Crippen LogP contribution in [0, 0.1) is 5.82 Å². The molecule has 0 aliphatic rings. The van der Waals surface area contributed by atoms with Gasteiger partial charge in [0.25, 0.3) is 5.56 Å². The Kier molecular flexibility index (Phi) is 3.73. The molecule has 0 saturated carbocycles. The van der Waals surface area contributed by atoms with E-state index in [9.17, 15) is 9.18 Å². The van der Waals surface area contributed by atoms with Crippen LogP contribution >= 0.6 is 27.5 Å². The van der Waals surface area contributed by atoms with Crippen molar-refractivity contribution in [2.45, 2.75) is 6.54 Å². The second-order valence-corrected chi connectivity index (χ2v) is 5.02. The maximum atomic E-state index is 13.6. The third kappa shape index (κ3) is 2.57. The molecule has 1 heterocycles. The maximum absolute atomic E-state index is 13.6. The Labute approximate surface area is 116 Å². The van der Waals surface area contributed by atoms with E-state index >= 15 is 0 Å². The largest absolute Gasteiger partial charge is 0.398 e. The SMILES string of the molecule is Nc1cc(Br)c(=O)n(Cc2c(F)cccc2Cl)c1. The predicted octanol–water partition coefficient (Wildman–Crippen LogP) is 3.03. The normalized spacial score (nSPS) is 10.6. The van der Waals surface area contributed by atoms with Crippen LogP contribution in [0.2, 0.25) is 5.02 Å². The molecule has 0 atom stereocenters. The summed E-state index contributed by atoms with van der Waals surface area (Å²) in [4.78, 5) is 11.8. The van der Waals surface area contributed by atoms with Crippen molar-refractivity contribution in [3.63, 3.8) is 0 Å². The van der Waals surface area contributed by atoms with E-state index in [1.54, 1.807) is 6.07 Å². The molecule has 0 radical (unpaired) electrons. The van der Waals surface area contributed by atoms with Crippen LogP contribution < -0.4 is 11.3 Å². The summed E-state index contributed by atoms with van der Waals surface area (Å²) >= 11 is 9.02. The predicted molar refractivity (Wildman–Crippen MR) is 73.3 cm³/mol. The Hall–Kier alpha value is -1.33. The number of hydrogen-bond acceptors (Lipinski definition) is 2. The van der Waals surface area contributed by atoms with Crippen LogP contribution in [0.25, 0.3) is 0 Å². The van der Waals surface area contributed by atoms with Crippen LogP contribution in [0.15, 0.2) is 39.7 Å². The van der Waals surface area contributed by atoms with Crippen molar-refractivity contribution in [1.82, 2.24) is 4.57 Å². The monoisotopic (exact) mass is 330 g/mol. The first-order chi connectivity index (χ1) is 8.49. The molecule has 0 amide bonds. The Morgan fingerprint density at radius 2 is 2.17 bits per heavy atom. The van der Waals surface area contributed by atoms with Crippen LogP contribution in [0.4, 0.5) is 10.1 Å². The number of benzene rings is 1. The van der Waals surface area contributed by atoms with Crippen LogP contribution in [-0.4, -0.2) is 4.57 Å². The topological polar surface area (TPSA) is 48.0 Å². The van der Waals surface area contributed by atoms with E-state index in [1.807, 2.05) is 0 Å². The van der Waals surface area contributed by atoms with E-state index in [0.717, 1.165) is 0 Å². The van der Waals surface area contributed by atoms with Crippen LogP contribution in [-0.2, 0) is 6.54 Å². The minimum Gasteiger partial charge on any atom is -0.398 e. The van der Waals surface area contributed by atoms with Crippen molar-refractivity contribution in [3.05, 3.63) is 61.7 Å². The molecule has 3 nitrogen and oxygen atoms in total. The number of nitrogen functional groups attached to an aromatic ring is 1. The molecular weight excluding hydrogens is 323 g/mol. The summed E-state index contributed by atoms with van der Waals surface area (Å²) in [5.41, 5.74) is 6.03. The quantitative estimate of drug-likeness (QED) is 0.919. The lowest BCUT2D eigenvalue weighted by Crippen LogP contribution is -2.22. The van der Waals surface area contributed by atoms with Gasteiger partial charge in [-0.1, -0.05) is 17.7 Å². The number of anilines is 1. The van der Waals surface area contributed by atoms with Crippen molar-refractivity contribution < 1.29 is 4.39 Å². The fourth-order valence-corrected chi connectivity index (χ4v) is 2.31. The highest BCUT2D eigenvalue weighted by atomic mass is 79.9. The highest BCUT2D eigenvalue weighted by Crippen LogP contribution is 2.20. The lowest BCUT2D eigenvalue weighted by Gasteiger charge is -2.10. The van der Waals surface area contributed by atoms with Gasteiger partial charge in [0, 0.05) is 22.5 Å². The van der Waals surface area contributed by atoms with Gasteiger partial charge >= 0.3 is 0 Å². The zero-order valence-electron chi connectivity index (χ0n) is 9.16. The molecule has 94 valence electrons. The summed E-state index contributed by atoms with van der Waals surface area (Å²) in [6, 6.07) is 5.89. The van der Waals surface area contributed by atoms with E-state index in [1.165, 1.54) is 29.0 Å². The van der Waals surface area contributed by atoms with E-state index in [0.29, 0.717) is 10.2 Å². The van der Waals surface area contributed by atoms with Crippen LogP contribution in [0.1, 0.15) is 5.56 Å². The van der Waals surface area contributed by atoms with Gasteiger partial charge < -0.3 is 10.3 Å². The summed E-state index contributed by atoms with van der Waals surface area (Å²) in [5, 5.41) is 0.278. The zero-order valence-corrected chi connectivity index (χ0v) is 11.5. The van der Waals surface area contributed by atoms with Gasteiger partial charge in [-0.3, -0.25) is 4.79 Å². The first-order valence-corrected chi connectivity index (χ1v) is 6.24. The minimum absolute atomic E-state index is 0.0357. The fraction of sp³-hybridized carbons (Fsp3) is 0.0833. The van der Waals surface area contributed by atoms with Crippen molar-refractivity contribution in [2.24, 2.45) is 0 Å². The Bertz CT molecular complexity index is 637. The second-order valence-electron chi connectivity index (χ2n) is 3.75. The molecule has 0 saturated heterocycles. The van der Waals surface area contributed by atoms with Gasteiger partial charge in [-0.2, -0.15) is 0 Å². The van der Waals surface area contributed by atoms with E-state index in [2.05, 4.69) is 15.9 Å². The molecule has 2 rings (SSSR count). The van der Waals surface area contributed by atoms with Gasteiger partial charge in [0.15, 0.2) is 0 Å². The van der Waals surface area contributed by atoms with Crippen molar-refractivity contribution in [3.8, 4) is 0 Å². The number of halogens is 3. The second kappa shape index (κ2) is 5.12. The molecule has 2 N–H and O–H groups in total. The summed E-state index contributed by atoms with van der Waals surface area (Å²) in [5.74, 6) is -0.451. The van der Waals surface area contributed by atoms with Gasteiger partial charge in [0.05, 0.1) is 11.0 Å². The third-order valence-electron chi connectivity index (χ3n) is 2.45. The van der Waals surface area contributed by atoms with Crippen molar-refractivity contribution in [1.29, 1.82) is 0 Å². The molecule has 0 spiro atoms. The number of aromatic nitrogens is 1. The highest BCUT2D eigenvalue weighted by molar-refractivity contribution is 9.10. The first kappa shape index (κ1) is 13.1. The van der Waals surface area contributed by atoms with Crippen molar-refractivity contribution in [2.75, 3.05) is 5.73 Å². The number of hydrogen-bond donors (Lipinski definition) is 1. The minimum atomic E-state index is -0.451. The molecule has 0 unspecified atom stereocenters. The van der Waals surface area contributed by atoms with Crippen LogP contribution in [0.5, 0.6) is 0 Å². The number of rotatable bonds is 2. The molecule has 1 aromatic heterocycles. The van der Waals surface area contributed by atoms with Crippen molar-refractivity contribution >= 4 is 33.2 Å². The zero-order chi connectivity index (χ0) is 13.3. The third-order valence-corrected chi connectivity index (χ3v) is 3.38. The van der Waals surface area contributed by atoms with Gasteiger partial charge in [-0.25, -0.2) is 4.39 Å². The summed E-state index contributed by atoms with van der Waals surface area (Å²) < 4.78 is 15.3. The van der Waals surface area contributed by atoms with E-state index in [-0.39, 0.29) is 22.7 Å². The summed E-state index contributed by atoms with van der Waals surface area (Å²) in [7, 11) is 0. The smallest absolute Gasteiger partial charge is 0.265 e. The Balaban J connectivity index is 2.50. The fourth-order valence-electron chi connectivity index (χ4n) is 1.59. The molecule has 0 aliphatic heterocycles. The summed E-state index contributed by atoms with van der Waals surface area (Å²) in [6.45, 7) is 0.0357. The molecule has 0 bridgehead atoms. The molecule has 18 heavy (non-hydrogen) atoms. The number of pyridine rings is 1. The molecule has 0 aliphatic carbocycles. The van der Waals surface area contributed by atoms with E-state index < -0.39 is 5.82 Å². The van der Waals surface area contributed by atoms with E-state index in [4.69, 9.17) is 17.3 Å². The average Bonchev–Trinajstić information content (AvgIpc) is 2.30. The summed E-state index contributed by atoms with van der Waals surface area (Å²) in [6.07, 6.45) is 1.45. The standard InChI is InChI=1S/C12H9BrClFN2O/c13-9-4-7(16)5-17(12(9)18)6-8-10(14)2-1-3-11(8)15/h1-5H,6,16H2. The van der Waals surface area contributed by atoms with Gasteiger partial charge in [-0.05, 0) is 34.1 Å². The lowest BCUT2D eigenvalue weighted by molar-refractivity contribution is 0.596. The Morgan fingerprint density at radius 3 is 2.83 bits per heavy atom.